The van der Waals surface area contributed by atoms with Crippen LogP contribution in [0.25, 0.3) is 21.7 Å². The van der Waals surface area contributed by atoms with Crippen LogP contribution in [-0.2, 0) is 11.9 Å². The molecule has 0 aliphatic carbocycles. The molecule has 0 saturated carbocycles. The van der Waals surface area contributed by atoms with Gasteiger partial charge in [-0.15, -0.1) is 28.2 Å². The third-order valence-corrected chi connectivity index (χ3v) is 6.95. The minimum Gasteiger partial charge on any atom is -0.402 e. The largest absolute Gasteiger partial charge is 0.416 e. The number of hydrogen-bond donors (Lipinski definition) is 1. The van der Waals surface area contributed by atoms with Gasteiger partial charge in [0.1, 0.15) is 4.88 Å². The third kappa shape index (κ3) is 4.71. The van der Waals surface area contributed by atoms with Crippen molar-refractivity contribution in [2.45, 2.75) is 16.8 Å². The number of nitrogens with zero attached hydrogens (tertiary/aromatic N) is 3. The molecule has 0 bridgehead atoms. The van der Waals surface area contributed by atoms with E-state index in [0.29, 0.717) is 5.89 Å². The summed E-state index contributed by atoms with van der Waals surface area (Å²) >= 11 is 3.10. The van der Waals surface area contributed by atoms with Crippen molar-refractivity contribution in [1.29, 1.82) is 0 Å². The Kier molecular flexibility index (Phi) is 5.77. The molecule has 0 amide bonds. The molecule has 5 rings (SSSR count). The van der Waals surface area contributed by atoms with Crippen LogP contribution in [0.15, 0.2) is 81.6 Å². The maximum atomic E-state index is 12.9. The molecule has 0 saturated heterocycles. The normalized spacial score (nSPS) is 11.7. The van der Waals surface area contributed by atoms with Crippen LogP contribution in [0, 0.1) is 0 Å². The van der Waals surface area contributed by atoms with Gasteiger partial charge in [-0.3, -0.25) is 4.98 Å². The molecule has 1 N–H and O–H groups in total. The number of anilines is 2. The van der Waals surface area contributed by atoms with Crippen molar-refractivity contribution in [3.8, 4) is 10.8 Å². The van der Waals surface area contributed by atoms with Crippen molar-refractivity contribution >= 4 is 45.7 Å². The van der Waals surface area contributed by atoms with Gasteiger partial charge in [0.25, 0.3) is 5.89 Å². The Morgan fingerprint density at radius 3 is 2.76 bits per heavy atom. The molecule has 3 heterocycles. The summed E-state index contributed by atoms with van der Waals surface area (Å²) in [6.07, 6.45) is -2.63. The number of halogens is 3. The molecule has 0 aliphatic rings. The summed E-state index contributed by atoms with van der Waals surface area (Å²) in [6.45, 7) is 0. The quantitative estimate of drug-likeness (QED) is 0.253. The molecule has 0 radical (unpaired) electrons. The molecule has 0 fully saturated rings. The number of pyridine rings is 1. The second-order valence-electron chi connectivity index (χ2n) is 7.01. The minimum atomic E-state index is -4.43. The maximum Gasteiger partial charge on any atom is 0.416 e. The first kappa shape index (κ1) is 21.5. The fourth-order valence-corrected chi connectivity index (χ4v) is 5.33. The summed E-state index contributed by atoms with van der Waals surface area (Å²) in [7, 11) is 0. The lowest BCUT2D eigenvalue weighted by molar-refractivity contribution is -0.137. The lowest BCUT2D eigenvalue weighted by atomic mass is 10.1. The van der Waals surface area contributed by atoms with Gasteiger partial charge in [-0.2, -0.15) is 13.2 Å². The smallest absolute Gasteiger partial charge is 0.402 e. The third-order valence-electron chi connectivity index (χ3n) is 4.81. The maximum absolute atomic E-state index is 12.9. The van der Waals surface area contributed by atoms with Crippen LogP contribution < -0.4 is 5.32 Å². The molecule has 2 aromatic carbocycles. The zero-order valence-electron chi connectivity index (χ0n) is 16.8. The van der Waals surface area contributed by atoms with E-state index in [1.165, 1.54) is 29.0 Å². The standard InChI is InChI=1S/C23H15F3N4OS2/c24-23(25,26)15-4-3-5-16(12-15)28-22-30-29-21(31-22)20-19(9-11-32-20)33-13-14-8-10-27-18-7-2-1-6-17(14)18/h1-12H,13H2,(H,28,30). The molecular formula is C23H15F3N4OS2. The molecule has 5 nitrogen and oxygen atoms in total. The first-order valence-corrected chi connectivity index (χ1v) is 11.6. The monoisotopic (exact) mass is 484 g/mol. The minimum absolute atomic E-state index is 0.0220. The van der Waals surface area contributed by atoms with Gasteiger partial charge in [0, 0.05) is 27.9 Å². The number of fused-ring (bicyclic) bond motifs is 1. The Hall–Kier alpha value is -3.37. The van der Waals surface area contributed by atoms with E-state index in [1.807, 2.05) is 35.7 Å². The molecule has 3 aromatic heterocycles. The van der Waals surface area contributed by atoms with Gasteiger partial charge < -0.3 is 9.73 Å². The van der Waals surface area contributed by atoms with Gasteiger partial charge in [0.2, 0.25) is 0 Å². The van der Waals surface area contributed by atoms with Crippen LogP contribution in [-0.4, -0.2) is 15.2 Å². The van der Waals surface area contributed by atoms with E-state index in [9.17, 15) is 13.2 Å². The van der Waals surface area contributed by atoms with Crippen LogP contribution in [0.5, 0.6) is 0 Å². The van der Waals surface area contributed by atoms with Crippen molar-refractivity contribution in [2.24, 2.45) is 0 Å². The van der Waals surface area contributed by atoms with Gasteiger partial charge >= 0.3 is 12.2 Å². The highest BCUT2D eigenvalue weighted by Gasteiger charge is 2.30. The second-order valence-corrected chi connectivity index (χ2v) is 8.94. The van der Waals surface area contributed by atoms with Gasteiger partial charge in [0.05, 0.1) is 11.1 Å². The highest BCUT2D eigenvalue weighted by atomic mass is 32.2. The van der Waals surface area contributed by atoms with Crippen molar-refractivity contribution < 1.29 is 17.6 Å². The number of para-hydroxylation sites is 1. The fourth-order valence-electron chi connectivity index (χ4n) is 3.27. The summed E-state index contributed by atoms with van der Waals surface area (Å²) in [6, 6.07) is 16.8. The number of benzene rings is 2. The average Bonchev–Trinajstić information content (AvgIpc) is 3.46. The van der Waals surface area contributed by atoms with Crippen LogP contribution in [0.3, 0.4) is 0 Å². The number of rotatable bonds is 6. The zero-order chi connectivity index (χ0) is 22.8. The molecule has 0 unspecified atom stereocenters. The van der Waals surface area contributed by atoms with E-state index in [2.05, 4.69) is 26.6 Å². The van der Waals surface area contributed by atoms with Crippen LogP contribution in [0.1, 0.15) is 11.1 Å². The summed E-state index contributed by atoms with van der Waals surface area (Å²) in [5.74, 6) is 1.04. The SMILES string of the molecule is FC(F)(F)c1cccc(Nc2nnc(-c3sccc3SCc3ccnc4ccccc34)o2)c1. The number of hydrogen-bond acceptors (Lipinski definition) is 7. The average molecular weight is 485 g/mol. The Morgan fingerprint density at radius 1 is 1.00 bits per heavy atom. The van der Waals surface area contributed by atoms with E-state index in [0.717, 1.165) is 38.6 Å². The number of alkyl halides is 3. The Morgan fingerprint density at radius 2 is 1.88 bits per heavy atom. The van der Waals surface area contributed by atoms with Gasteiger partial charge in [0.15, 0.2) is 0 Å². The molecule has 0 atom stereocenters. The number of thiophene rings is 1. The molecule has 33 heavy (non-hydrogen) atoms. The zero-order valence-corrected chi connectivity index (χ0v) is 18.5. The lowest BCUT2D eigenvalue weighted by Gasteiger charge is -2.08. The highest BCUT2D eigenvalue weighted by molar-refractivity contribution is 7.98. The number of nitrogens with one attached hydrogen (secondary N) is 1. The van der Waals surface area contributed by atoms with E-state index < -0.39 is 11.7 Å². The predicted octanol–water partition coefficient (Wildman–Crippen LogP) is 7.40. The molecule has 0 aliphatic heterocycles. The molecule has 0 spiro atoms. The van der Waals surface area contributed by atoms with Crippen molar-refractivity contribution in [2.75, 3.05) is 5.32 Å². The van der Waals surface area contributed by atoms with E-state index in [-0.39, 0.29) is 11.7 Å². The first-order chi connectivity index (χ1) is 16.0. The Bertz CT molecular complexity index is 1410. The van der Waals surface area contributed by atoms with E-state index >= 15 is 0 Å². The summed E-state index contributed by atoms with van der Waals surface area (Å²) in [4.78, 5) is 6.19. The van der Waals surface area contributed by atoms with Gasteiger partial charge in [-0.25, -0.2) is 0 Å². The summed E-state index contributed by atoms with van der Waals surface area (Å²) < 4.78 is 44.5. The van der Waals surface area contributed by atoms with Crippen LogP contribution in [0.2, 0.25) is 0 Å². The van der Waals surface area contributed by atoms with E-state index in [4.69, 9.17) is 4.42 Å². The van der Waals surface area contributed by atoms with Gasteiger partial charge in [-0.05, 0) is 47.3 Å². The number of thioether (sulfide) groups is 1. The van der Waals surface area contributed by atoms with Crippen molar-refractivity contribution in [1.82, 2.24) is 15.2 Å². The van der Waals surface area contributed by atoms with Crippen molar-refractivity contribution in [3.05, 3.63) is 83.4 Å². The van der Waals surface area contributed by atoms with Crippen molar-refractivity contribution in [3.63, 3.8) is 0 Å². The topological polar surface area (TPSA) is 63.8 Å². The summed E-state index contributed by atoms with van der Waals surface area (Å²) in [5, 5.41) is 13.8. The molecule has 166 valence electrons. The van der Waals surface area contributed by atoms with Crippen LogP contribution >= 0.6 is 23.1 Å². The summed E-state index contributed by atoms with van der Waals surface area (Å²) in [5.41, 5.74) is 1.57. The second kappa shape index (κ2) is 8.87. The molecular weight excluding hydrogens is 469 g/mol. The van der Waals surface area contributed by atoms with E-state index in [1.54, 1.807) is 18.0 Å². The predicted molar refractivity (Wildman–Crippen MR) is 124 cm³/mol. The Balaban J connectivity index is 1.33. The molecule has 10 heteroatoms. The first-order valence-electron chi connectivity index (χ1n) is 9.78. The Labute approximate surface area is 194 Å². The van der Waals surface area contributed by atoms with Crippen LogP contribution in [0.4, 0.5) is 24.9 Å². The van der Waals surface area contributed by atoms with Gasteiger partial charge in [-0.1, -0.05) is 29.4 Å². The fraction of sp³-hybridized carbons (Fsp3) is 0.0870. The lowest BCUT2D eigenvalue weighted by Crippen LogP contribution is -2.05. The number of aromatic nitrogens is 3. The molecule has 5 aromatic rings. The highest BCUT2D eigenvalue weighted by Crippen LogP contribution is 2.38.